The second-order valence-corrected chi connectivity index (χ2v) is 6.51. The van der Waals surface area contributed by atoms with Gasteiger partial charge in [-0.15, -0.1) is 0 Å². The first-order valence-corrected chi connectivity index (χ1v) is 8.73. The smallest absolute Gasteiger partial charge is 0.319 e. The zero-order valence-corrected chi connectivity index (χ0v) is 14.8. The summed E-state index contributed by atoms with van der Waals surface area (Å²) in [6.45, 7) is 9.11. The molecule has 3 amide bonds. The molecule has 1 saturated heterocycles. The van der Waals surface area contributed by atoms with Crippen molar-refractivity contribution >= 4 is 23.3 Å². The zero-order valence-electron chi connectivity index (χ0n) is 14.8. The summed E-state index contributed by atoms with van der Waals surface area (Å²) >= 11 is 0. The van der Waals surface area contributed by atoms with E-state index >= 15 is 0 Å². The second kappa shape index (κ2) is 8.57. The Morgan fingerprint density at radius 2 is 1.88 bits per heavy atom. The van der Waals surface area contributed by atoms with Gasteiger partial charge in [-0.25, -0.2) is 4.79 Å². The molecule has 0 bridgehead atoms. The molecule has 1 aliphatic rings. The molecule has 132 valence electrons. The first kappa shape index (κ1) is 18.1. The first-order valence-electron chi connectivity index (χ1n) is 8.73. The number of amides is 3. The molecule has 0 radical (unpaired) electrons. The molecule has 1 aromatic carbocycles. The van der Waals surface area contributed by atoms with Crippen LogP contribution in [-0.4, -0.2) is 38.1 Å². The fourth-order valence-electron chi connectivity index (χ4n) is 2.76. The van der Waals surface area contributed by atoms with Gasteiger partial charge in [-0.1, -0.05) is 13.8 Å². The Morgan fingerprint density at radius 3 is 2.50 bits per heavy atom. The third-order valence-electron chi connectivity index (χ3n) is 3.95. The molecule has 3 N–H and O–H groups in total. The Morgan fingerprint density at radius 1 is 1.17 bits per heavy atom. The third-order valence-corrected chi connectivity index (χ3v) is 3.95. The van der Waals surface area contributed by atoms with Crippen LogP contribution in [-0.2, 0) is 0 Å². The van der Waals surface area contributed by atoms with E-state index in [-0.39, 0.29) is 11.9 Å². The summed E-state index contributed by atoms with van der Waals surface area (Å²) in [5.41, 5.74) is 2.18. The van der Waals surface area contributed by atoms with Crippen LogP contribution in [0.4, 0.5) is 16.2 Å². The predicted octanol–water partition coefficient (Wildman–Crippen LogP) is 2.81. The lowest BCUT2D eigenvalue weighted by molar-refractivity contribution is 0.0949. The highest BCUT2D eigenvalue weighted by molar-refractivity contribution is 6.02. The van der Waals surface area contributed by atoms with Crippen molar-refractivity contribution in [3.63, 3.8) is 0 Å². The number of carbonyl (C=O) groups is 2. The minimum Gasteiger partial charge on any atom is -0.371 e. The number of nitrogens with zero attached hydrogens (tertiary/aromatic N) is 1. The molecular formula is C18H28N4O2. The maximum absolute atomic E-state index is 12.6. The van der Waals surface area contributed by atoms with E-state index in [1.54, 1.807) is 6.07 Å². The largest absolute Gasteiger partial charge is 0.371 e. The van der Waals surface area contributed by atoms with Gasteiger partial charge >= 0.3 is 6.03 Å². The van der Waals surface area contributed by atoms with Gasteiger partial charge in [-0.3, -0.25) is 4.79 Å². The molecule has 1 aliphatic heterocycles. The van der Waals surface area contributed by atoms with E-state index in [1.165, 1.54) is 0 Å². The molecule has 0 saturated carbocycles. The lowest BCUT2D eigenvalue weighted by Gasteiger charge is -2.22. The molecule has 1 aromatic rings. The van der Waals surface area contributed by atoms with E-state index in [1.807, 2.05) is 19.1 Å². The van der Waals surface area contributed by atoms with Crippen molar-refractivity contribution in [2.45, 2.75) is 33.6 Å². The number of nitrogens with one attached hydrogen (secondary N) is 3. The average Bonchev–Trinajstić information content (AvgIpc) is 3.07. The Kier molecular flexibility index (Phi) is 6.46. The predicted molar refractivity (Wildman–Crippen MR) is 97.8 cm³/mol. The Hall–Kier alpha value is -2.24. The van der Waals surface area contributed by atoms with Crippen LogP contribution in [0, 0.1) is 5.92 Å². The zero-order chi connectivity index (χ0) is 17.5. The molecule has 1 fully saturated rings. The van der Waals surface area contributed by atoms with Gasteiger partial charge in [0, 0.05) is 37.6 Å². The first-order chi connectivity index (χ1) is 11.5. The third kappa shape index (κ3) is 4.88. The number of anilines is 2. The molecule has 6 nitrogen and oxygen atoms in total. The van der Waals surface area contributed by atoms with E-state index in [0.717, 1.165) is 31.6 Å². The highest BCUT2D eigenvalue weighted by Gasteiger charge is 2.20. The van der Waals surface area contributed by atoms with Crippen LogP contribution in [0.15, 0.2) is 18.2 Å². The van der Waals surface area contributed by atoms with E-state index < -0.39 is 0 Å². The molecule has 0 atom stereocenters. The highest BCUT2D eigenvalue weighted by Crippen LogP contribution is 2.27. The maximum atomic E-state index is 12.6. The minimum atomic E-state index is -0.264. The molecule has 0 aliphatic carbocycles. The SMILES string of the molecule is CCNC(=O)Nc1ccc(N2CCCC2)c(C(=O)NCC(C)C)c1. The van der Waals surface area contributed by atoms with Gasteiger partial charge in [0.15, 0.2) is 0 Å². The van der Waals surface area contributed by atoms with Gasteiger partial charge < -0.3 is 20.9 Å². The monoisotopic (exact) mass is 332 g/mol. The number of hydrogen-bond acceptors (Lipinski definition) is 3. The van der Waals surface area contributed by atoms with Crippen LogP contribution in [0.2, 0.25) is 0 Å². The molecule has 2 rings (SSSR count). The van der Waals surface area contributed by atoms with Gasteiger partial charge in [-0.2, -0.15) is 0 Å². The van der Waals surface area contributed by atoms with Crippen molar-refractivity contribution in [1.82, 2.24) is 10.6 Å². The fourth-order valence-corrected chi connectivity index (χ4v) is 2.76. The van der Waals surface area contributed by atoms with Crippen LogP contribution in [0.5, 0.6) is 0 Å². The normalized spacial score (nSPS) is 13.9. The summed E-state index contributed by atoms with van der Waals surface area (Å²) in [5, 5.41) is 8.44. The van der Waals surface area contributed by atoms with Crippen LogP contribution in [0.3, 0.4) is 0 Å². The number of rotatable bonds is 6. The number of hydrogen-bond donors (Lipinski definition) is 3. The standard InChI is InChI=1S/C18H28N4O2/c1-4-19-18(24)21-14-7-8-16(22-9-5-6-10-22)15(11-14)17(23)20-12-13(2)3/h7-8,11,13H,4-6,9-10,12H2,1-3H3,(H,20,23)(H2,19,21,24). The van der Waals surface area contributed by atoms with Gasteiger partial charge in [0.1, 0.15) is 0 Å². The lowest BCUT2D eigenvalue weighted by Crippen LogP contribution is -2.31. The Balaban J connectivity index is 2.23. The highest BCUT2D eigenvalue weighted by atomic mass is 16.2. The van der Waals surface area contributed by atoms with Crippen LogP contribution in [0.1, 0.15) is 44.0 Å². The topological polar surface area (TPSA) is 73.5 Å². The minimum absolute atomic E-state index is 0.0925. The summed E-state index contributed by atoms with van der Waals surface area (Å²) in [5.74, 6) is 0.297. The summed E-state index contributed by atoms with van der Waals surface area (Å²) in [7, 11) is 0. The summed E-state index contributed by atoms with van der Waals surface area (Å²) in [6.07, 6.45) is 2.29. The molecule has 1 heterocycles. The number of benzene rings is 1. The van der Waals surface area contributed by atoms with E-state index in [4.69, 9.17) is 0 Å². The average molecular weight is 332 g/mol. The Labute approximate surface area is 144 Å². The van der Waals surface area contributed by atoms with Crippen LogP contribution < -0.4 is 20.9 Å². The van der Waals surface area contributed by atoms with Crippen LogP contribution in [0.25, 0.3) is 0 Å². The van der Waals surface area contributed by atoms with Crippen molar-refractivity contribution in [3.8, 4) is 0 Å². The molecule has 0 aromatic heterocycles. The number of carbonyl (C=O) groups excluding carboxylic acids is 2. The van der Waals surface area contributed by atoms with Crippen molar-refractivity contribution in [2.24, 2.45) is 5.92 Å². The van der Waals surface area contributed by atoms with Crippen molar-refractivity contribution in [1.29, 1.82) is 0 Å². The lowest BCUT2D eigenvalue weighted by atomic mass is 10.1. The summed E-state index contributed by atoms with van der Waals surface area (Å²) in [4.78, 5) is 26.6. The van der Waals surface area contributed by atoms with E-state index in [2.05, 4.69) is 34.7 Å². The number of urea groups is 1. The molecule has 24 heavy (non-hydrogen) atoms. The maximum Gasteiger partial charge on any atom is 0.319 e. The van der Waals surface area contributed by atoms with Crippen molar-refractivity contribution in [2.75, 3.05) is 36.4 Å². The van der Waals surface area contributed by atoms with E-state index in [9.17, 15) is 9.59 Å². The molecule has 0 spiro atoms. The molecular weight excluding hydrogens is 304 g/mol. The molecule has 0 unspecified atom stereocenters. The van der Waals surface area contributed by atoms with E-state index in [0.29, 0.717) is 30.3 Å². The van der Waals surface area contributed by atoms with Crippen molar-refractivity contribution < 1.29 is 9.59 Å². The second-order valence-electron chi connectivity index (χ2n) is 6.51. The van der Waals surface area contributed by atoms with Gasteiger partial charge in [0.05, 0.1) is 5.56 Å². The quantitative estimate of drug-likeness (QED) is 0.750. The molecule has 6 heteroatoms. The Bertz CT molecular complexity index is 580. The van der Waals surface area contributed by atoms with Crippen molar-refractivity contribution in [3.05, 3.63) is 23.8 Å². The van der Waals surface area contributed by atoms with Gasteiger partial charge in [0.25, 0.3) is 5.91 Å². The summed E-state index contributed by atoms with van der Waals surface area (Å²) in [6, 6.07) is 5.28. The fraction of sp³-hybridized carbons (Fsp3) is 0.556. The van der Waals surface area contributed by atoms with Gasteiger partial charge in [-0.05, 0) is 43.9 Å². The van der Waals surface area contributed by atoms with Gasteiger partial charge in [0.2, 0.25) is 0 Å². The summed E-state index contributed by atoms with van der Waals surface area (Å²) < 4.78 is 0. The van der Waals surface area contributed by atoms with Crippen LogP contribution >= 0.6 is 0 Å².